The molecule has 2 N–H and O–H groups in total. The lowest BCUT2D eigenvalue weighted by molar-refractivity contribution is -0.118. The molecular weight excluding hydrogens is 458 g/mol. The molecule has 0 bridgehead atoms. The first-order valence-corrected chi connectivity index (χ1v) is 12.0. The van der Waals surface area contributed by atoms with Crippen molar-refractivity contribution in [2.24, 2.45) is 0 Å². The van der Waals surface area contributed by atoms with Gasteiger partial charge in [-0.2, -0.15) is 0 Å². The van der Waals surface area contributed by atoms with E-state index in [0.29, 0.717) is 15.8 Å². The Labute approximate surface area is 202 Å². The number of anilines is 1. The first kappa shape index (κ1) is 23.3. The van der Waals surface area contributed by atoms with Crippen LogP contribution in [-0.2, 0) is 24.1 Å². The number of nitrogens with one attached hydrogen (secondary N) is 2. The molecule has 172 valence electrons. The van der Waals surface area contributed by atoms with Crippen LogP contribution < -0.4 is 15.4 Å². The summed E-state index contributed by atoms with van der Waals surface area (Å²) in [4.78, 5) is 28.0. The molecule has 0 aliphatic carbocycles. The fourth-order valence-electron chi connectivity index (χ4n) is 3.82. The molecule has 0 spiro atoms. The van der Waals surface area contributed by atoms with E-state index in [4.69, 9.17) is 16.3 Å². The number of amides is 2. The summed E-state index contributed by atoms with van der Waals surface area (Å²) in [5.74, 6) is -0.300. The fraction of sp³-hybridized carbons (Fsp3) is 0.280. The van der Waals surface area contributed by atoms with Gasteiger partial charge in [0, 0.05) is 25.2 Å². The van der Waals surface area contributed by atoms with Crippen LogP contribution >= 0.6 is 22.9 Å². The van der Waals surface area contributed by atoms with E-state index in [9.17, 15) is 9.59 Å². The number of likely N-dealkylation sites (N-methyl/N-ethyl adjacent to an activating group) is 1. The second-order valence-electron chi connectivity index (χ2n) is 8.11. The van der Waals surface area contributed by atoms with Gasteiger partial charge in [-0.15, -0.1) is 0 Å². The summed E-state index contributed by atoms with van der Waals surface area (Å²) in [6.45, 7) is 2.01. The van der Waals surface area contributed by atoms with Gasteiger partial charge in [-0.3, -0.25) is 4.79 Å². The number of ether oxygens (including phenoxy) is 1. The minimum Gasteiger partial charge on any atom is -0.399 e. The smallest absolute Gasteiger partial charge is 0.399 e. The largest absolute Gasteiger partial charge is 0.414 e. The Hall–Kier alpha value is -2.87. The van der Waals surface area contributed by atoms with Gasteiger partial charge >= 0.3 is 6.09 Å². The third-order valence-corrected chi connectivity index (χ3v) is 6.74. The maximum absolute atomic E-state index is 13.2. The van der Waals surface area contributed by atoms with E-state index in [1.54, 1.807) is 12.1 Å². The van der Waals surface area contributed by atoms with Gasteiger partial charge in [-0.1, -0.05) is 59.3 Å². The minimum absolute atomic E-state index is 0.300. The highest BCUT2D eigenvalue weighted by Crippen LogP contribution is 2.28. The van der Waals surface area contributed by atoms with E-state index in [-0.39, 0.29) is 5.91 Å². The van der Waals surface area contributed by atoms with Crippen molar-refractivity contribution in [2.45, 2.75) is 25.3 Å². The molecule has 2 aromatic carbocycles. The Kier molecular flexibility index (Phi) is 7.65. The predicted molar refractivity (Wildman–Crippen MR) is 132 cm³/mol. The molecule has 1 unspecified atom stereocenters. The molecule has 8 heteroatoms. The monoisotopic (exact) mass is 483 g/mol. The molecule has 2 amide bonds. The van der Waals surface area contributed by atoms with Crippen LogP contribution in [0, 0.1) is 0 Å². The number of benzene rings is 2. The number of thiophene rings is 1. The molecule has 1 atom stereocenters. The Morgan fingerprint density at radius 1 is 1.06 bits per heavy atom. The summed E-state index contributed by atoms with van der Waals surface area (Å²) in [6.07, 6.45) is 1.57. The summed E-state index contributed by atoms with van der Waals surface area (Å²) < 4.78 is 5.82. The Bertz CT molecular complexity index is 1120. The predicted octanol–water partition coefficient (Wildman–Crippen LogP) is 4.77. The molecule has 0 saturated heterocycles. The van der Waals surface area contributed by atoms with Gasteiger partial charge in [0.15, 0.2) is 5.06 Å². The topological polar surface area (TPSA) is 70.7 Å². The molecule has 0 radical (unpaired) electrons. The number of carbonyl (C=O) groups is 2. The van der Waals surface area contributed by atoms with Crippen LogP contribution in [0.2, 0.25) is 4.34 Å². The minimum atomic E-state index is -0.805. The van der Waals surface area contributed by atoms with Crippen molar-refractivity contribution in [3.63, 3.8) is 0 Å². The average molecular weight is 484 g/mol. The summed E-state index contributed by atoms with van der Waals surface area (Å²) in [6, 6.07) is 18.1. The molecule has 0 saturated carbocycles. The number of hydrogen-bond acceptors (Lipinski definition) is 5. The van der Waals surface area contributed by atoms with Gasteiger partial charge in [-0.25, -0.2) is 4.79 Å². The molecule has 1 aliphatic heterocycles. The molecule has 6 nitrogen and oxygen atoms in total. The average Bonchev–Trinajstić information content (AvgIpc) is 3.11. The normalized spacial score (nSPS) is 14.6. The van der Waals surface area contributed by atoms with E-state index < -0.39 is 12.1 Å². The van der Waals surface area contributed by atoms with Crippen molar-refractivity contribution in [3.8, 4) is 5.06 Å². The van der Waals surface area contributed by atoms with Crippen molar-refractivity contribution in [1.29, 1.82) is 0 Å². The number of carbonyl (C=O) groups excluding carboxylic acids is 2. The van der Waals surface area contributed by atoms with Crippen LogP contribution in [0.15, 0.2) is 60.7 Å². The van der Waals surface area contributed by atoms with Crippen molar-refractivity contribution in [3.05, 3.63) is 81.7 Å². The quantitative estimate of drug-likeness (QED) is 0.529. The van der Waals surface area contributed by atoms with Gasteiger partial charge < -0.3 is 20.3 Å². The highest BCUT2D eigenvalue weighted by molar-refractivity contribution is 7.17. The van der Waals surface area contributed by atoms with Gasteiger partial charge in [0.25, 0.3) is 0 Å². The summed E-state index contributed by atoms with van der Waals surface area (Å²) in [5.41, 5.74) is 4.22. The zero-order valence-electron chi connectivity index (χ0n) is 18.3. The van der Waals surface area contributed by atoms with E-state index >= 15 is 0 Å². The van der Waals surface area contributed by atoms with E-state index in [2.05, 4.69) is 28.6 Å². The second kappa shape index (κ2) is 10.8. The highest BCUT2D eigenvalue weighted by Gasteiger charge is 2.23. The van der Waals surface area contributed by atoms with Gasteiger partial charge in [0.1, 0.15) is 6.04 Å². The Morgan fingerprint density at radius 2 is 1.82 bits per heavy atom. The van der Waals surface area contributed by atoms with E-state index in [1.807, 2.05) is 42.5 Å². The lowest BCUT2D eigenvalue weighted by Crippen LogP contribution is -2.46. The third kappa shape index (κ3) is 6.57. The maximum Gasteiger partial charge on any atom is 0.414 e. The molecule has 0 fully saturated rings. The Balaban J connectivity index is 1.47. The third-order valence-electron chi connectivity index (χ3n) is 5.63. The molecular formula is C25H26ClN3O3S. The SMILES string of the molecule is CN1CCc2ccc(NC(=O)C(Cc3ccccc3)NC(=O)Oc3ccc(Cl)s3)cc2CC1. The zero-order chi connectivity index (χ0) is 23.2. The van der Waals surface area contributed by atoms with Crippen LogP contribution in [0.1, 0.15) is 16.7 Å². The highest BCUT2D eigenvalue weighted by atomic mass is 35.5. The van der Waals surface area contributed by atoms with Crippen molar-refractivity contribution < 1.29 is 14.3 Å². The van der Waals surface area contributed by atoms with Gasteiger partial charge in [-0.05, 0) is 60.8 Å². The van der Waals surface area contributed by atoms with E-state index in [1.165, 1.54) is 11.1 Å². The van der Waals surface area contributed by atoms with Crippen LogP contribution in [0.4, 0.5) is 10.5 Å². The molecule has 1 aromatic heterocycles. The first-order chi connectivity index (χ1) is 16.0. The van der Waals surface area contributed by atoms with Crippen LogP contribution in [-0.4, -0.2) is 43.1 Å². The number of rotatable bonds is 6. The number of fused-ring (bicyclic) bond motifs is 1. The molecule has 4 rings (SSSR count). The first-order valence-electron chi connectivity index (χ1n) is 10.8. The van der Waals surface area contributed by atoms with Crippen molar-refractivity contribution >= 4 is 40.6 Å². The van der Waals surface area contributed by atoms with Gasteiger partial charge in [0.2, 0.25) is 5.91 Å². The molecule has 1 aliphatic rings. The molecule has 2 heterocycles. The standard InChI is InChI=1S/C25H26ClN3O3S/c1-29-13-11-18-7-8-20(16-19(18)12-14-29)27-24(30)21(15-17-5-3-2-4-6-17)28-25(31)32-23-10-9-22(26)33-23/h2-10,16,21H,11-15H2,1H3,(H,27,30)(H,28,31). The van der Waals surface area contributed by atoms with Gasteiger partial charge in [0.05, 0.1) is 4.34 Å². The summed E-state index contributed by atoms with van der Waals surface area (Å²) >= 11 is 7.06. The summed E-state index contributed by atoms with van der Waals surface area (Å²) in [7, 11) is 2.12. The lowest BCUT2D eigenvalue weighted by Gasteiger charge is -2.19. The Morgan fingerprint density at radius 3 is 2.55 bits per heavy atom. The second-order valence-corrected chi connectivity index (χ2v) is 9.79. The number of halogens is 1. The number of hydrogen-bond donors (Lipinski definition) is 2. The van der Waals surface area contributed by atoms with Crippen molar-refractivity contribution in [2.75, 3.05) is 25.5 Å². The zero-order valence-corrected chi connectivity index (χ0v) is 19.9. The van der Waals surface area contributed by atoms with Crippen molar-refractivity contribution in [1.82, 2.24) is 10.2 Å². The summed E-state index contributed by atoms with van der Waals surface area (Å²) in [5, 5.41) is 6.05. The molecule has 33 heavy (non-hydrogen) atoms. The molecule has 3 aromatic rings. The maximum atomic E-state index is 13.2. The number of nitrogens with zero attached hydrogens (tertiary/aromatic N) is 1. The van der Waals surface area contributed by atoms with Crippen LogP contribution in [0.5, 0.6) is 5.06 Å². The lowest BCUT2D eigenvalue weighted by atomic mass is 10.0. The van der Waals surface area contributed by atoms with Crippen LogP contribution in [0.3, 0.4) is 0 Å². The van der Waals surface area contributed by atoms with E-state index in [0.717, 1.165) is 48.5 Å². The fourth-order valence-corrected chi connectivity index (χ4v) is 4.69. The van der Waals surface area contributed by atoms with Crippen LogP contribution in [0.25, 0.3) is 0 Å².